The fraction of sp³-hybridized carbons (Fsp3) is 0.125. The van der Waals surface area contributed by atoms with E-state index in [-0.39, 0.29) is 0 Å². The molecule has 0 aliphatic rings. The standard InChI is InChI=1S/C5H7NS.C3H3N3/c1-4-5(6)2-3-7-4;1-2-4-6-5-3-1/h2-3H,6H2,1H3;1-3H. The summed E-state index contributed by atoms with van der Waals surface area (Å²) < 4.78 is 0. The van der Waals surface area contributed by atoms with Crippen molar-refractivity contribution in [3.8, 4) is 0 Å². The van der Waals surface area contributed by atoms with Crippen LogP contribution in [0.1, 0.15) is 4.88 Å². The molecule has 0 spiro atoms. The van der Waals surface area contributed by atoms with Crippen LogP contribution in [-0.2, 0) is 0 Å². The largest absolute Gasteiger partial charge is 0.398 e. The molecule has 4 nitrogen and oxygen atoms in total. The van der Waals surface area contributed by atoms with Gasteiger partial charge in [0.1, 0.15) is 0 Å². The smallest absolute Gasteiger partial charge is 0.0529 e. The van der Waals surface area contributed by atoms with Crippen molar-refractivity contribution < 1.29 is 0 Å². The molecule has 0 saturated carbocycles. The number of rotatable bonds is 0. The topological polar surface area (TPSA) is 64.7 Å². The molecule has 13 heavy (non-hydrogen) atoms. The van der Waals surface area contributed by atoms with Crippen molar-refractivity contribution in [2.75, 3.05) is 5.73 Å². The lowest BCUT2D eigenvalue weighted by molar-refractivity contribution is 0.865. The van der Waals surface area contributed by atoms with E-state index in [9.17, 15) is 0 Å². The highest BCUT2D eigenvalue weighted by Gasteiger charge is 1.87. The molecule has 5 heteroatoms. The third kappa shape index (κ3) is 3.62. The fourth-order valence-electron chi connectivity index (χ4n) is 0.600. The highest BCUT2D eigenvalue weighted by Crippen LogP contribution is 2.15. The molecular weight excluding hydrogens is 184 g/mol. The molecule has 0 radical (unpaired) electrons. The molecule has 0 atom stereocenters. The summed E-state index contributed by atoms with van der Waals surface area (Å²) in [6.45, 7) is 2.01. The van der Waals surface area contributed by atoms with E-state index in [2.05, 4.69) is 15.4 Å². The van der Waals surface area contributed by atoms with Gasteiger partial charge in [-0.15, -0.1) is 21.5 Å². The van der Waals surface area contributed by atoms with E-state index in [4.69, 9.17) is 5.73 Å². The predicted octanol–water partition coefficient (Wildman–Crippen LogP) is 1.51. The van der Waals surface area contributed by atoms with Crippen LogP contribution in [0.4, 0.5) is 5.69 Å². The van der Waals surface area contributed by atoms with Crippen molar-refractivity contribution in [1.82, 2.24) is 15.4 Å². The normalized spacial score (nSPS) is 8.69. The number of nitrogens with two attached hydrogens (primary N) is 1. The van der Waals surface area contributed by atoms with Crippen molar-refractivity contribution in [3.63, 3.8) is 0 Å². The second-order valence-electron chi connectivity index (χ2n) is 2.24. The van der Waals surface area contributed by atoms with Crippen molar-refractivity contribution in [3.05, 3.63) is 34.8 Å². The quantitative estimate of drug-likeness (QED) is 0.690. The van der Waals surface area contributed by atoms with Gasteiger partial charge in [0.15, 0.2) is 0 Å². The van der Waals surface area contributed by atoms with Gasteiger partial charge in [-0.1, -0.05) is 0 Å². The zero-order valence-corrected chi connectivity index (χ0v) is 8.03. The van der Waals surface area contributed by atoms with Crippen LogP contribution in [-0.4, -0.2) is 15.4 Å². The van der Waals surface area contributed by atoms with Crippen molar-refractivity contribution >= 4 is 17.0 Å². The Kier molecular flexibility index (Phi) is 3.84. The Morgan fingerprint density at radius 1 is 1.31 bits per heavy atom. The number of aromatic nitrogens is 3. The van der Waals surface area contributed by atoms with Crippen LogP contribution < -0.4 is 5.73 Å². The number of hydrogen-bond donors (Lipinski definition) is 1. The molecule has 68 valence electrons. The summed E-state index contributed by atoms with van der Waals surface area (Å²) in [5, 5.41) is 12.1. The maximum absolute atomic E-state index is 5.45. The summed E-state index contributed by atoms with van der Waals surface area (Å²) in [6.07, 6.45) is 3.15. The van der Waals surface area contributed by atoms with E-state index in [0.29, 0.717) is 0 Å². The molecule has 0 aliphatic carbocycles. The van der Waals surface area contributed by atoms with Crippen LogP contribution >= 0.6 is 11.3 Å². The highest BCUT2D eigenvalue weighted by molar-refractivity contribution is 7.10. The van der Waals surface area contributed by atoms with E-state index in [1.54, 1.807) is 29.8 Å². The Hall–Kier alpha value is -1.49. The van der Waals surface area contributed by atoms with Gasteiger partial charge in [-0.2, -0.15) is 0 Å². The molecule has 0 amide bonds. The van der Waals surface area contributed by atoms with Crippen LogP contribution in [0.2, 0.25) is 0 Å². The van der Waals surface area contributed by atoms with E-state index >= 15 is 0 Å². The van der Waals surface area contributed by atoms with E-state index in [1.165, 1.54) is 4.88 Å². The summed E-state index contributed by atoms with van der Waals surface area (Å²) in [6, 6.07) is 3.63. The zero-order chi connectivity index (χ0) is 9.52. The third-order valence-corrected chi connectivity index (χ3v) is 2.17. The average molecular weight is 194 g/mol. The zero-order valence-electron chi connectivity index (χ0n) is 7.21. The number of hydrogen-bond acceptors (Lipinski definition) is 5. The molecule has 2 heterocycles. The first-order valence-corrected chi connectivity index (χ1v) is 4.56. The molecule has 0 aliphatic heterocycles. The van der Waals surface area contributed by atoms with Gasteiger partial charge >= 0.3 is 0 Å². The number of thiophene rings is 1. The van der Waals surface area contributed by atoms with Crippen LogP contribution in [0, 0.1) is 6.92 Å². The van der Waals surface area contributed by atoms with E-state index < -0.39 is 0 Å². The van der Waals surface area contributed by atoms with Crippen molar-refractivity contribution in [2.45, 2.75) is 6.92 Å². The molecule has 0 fully saturated rings. The Balaban J connectivity index is 0.000000132. The van der Waals surface area contributed by atoms with Gasteiger partial charge < -0.3 is 5.73 Å². The lowest BCUT2D eigenvalue weighted by atomic mass is 10.4. The van der Waals surface area contributed by atoms with Gasteiger partial charge in [-0.3, -0.25) is 0 Å². The second-order valence-corrected chi connectivity index (χ2v) is 3.36. The molecule has 2 N–H and O–H groups in total. The van der Waals surface area contributed by atoms with Crippen LogP contribution in [0.15, 0.2) is 29.9 Å². The van der Waals surface area contributed by atoms with Crippen LogP contribution in [0.25, 0.3) is 0 Å². The molecular formula is C8H10N4S. The Morgan fingerprint density at radius 2 is 2.00 bits per heavy atom. The molecule has 2 rings (SSSR count). The molecule has 0 bridgehead atoms. The first-order chi connectivity index (χ1) is 6.30. The molecule has 2 aromatic heterocycles. The fourth-order valence-corrected chi connectivity index (χ4v) is 1.22. The van der Waals surface area contributed by atoms with Gasteiger partial charge in [-0.05, 0) is 29.6 Å². The minimum absolute atomic E-state index is 0.907. The third-order valence-electron chi connectivity index (χ3n) is 1.31. The summed E-state index contributed by atoms with van der Waals surface area (Å²) in [5.74, 6) is 0. The maximum atomic E-state index is 5.45. The minimum Gasteiger partial charge on any atom is -0.398 e. The van der Waals surface area contributed by atoms with E-state index in [1.807, 2.05) is 18.4 Å². The second kappa shape index (κ2) is 5.21. The lowest BCUT2D eigenvalue weighted by Crippen LogP contribution is -1.79. The lowest BCUT2D eigenvalue weighted by Gasteiger charge is -1.81. The SMILES string of the molecule is Cc1sccc1N.c1cnnnc1. The van der Waals surface area contributed by atoms with Gasteiger partial charge in [0.05, 0.1) is 12.4 Å². The first kappa shape index (κ1) is 9.60. The number of aryl methyl sites for hydroxylation is 1. The summed E-state index contributed by atoms with van der Waals surface area (Å²) in [7, 11) is 0. The Labute approximate surface area is 80.4 Å². The average Bonchev–Trinajstić information content (AvgIpc) is 2.55. The summed E-state index contributed by atoms with van der Waals surface area (Å²) >= 11 is 1.68. The van der Waals surface area contributed by atoms with Crippen LogP contribution in [0.3, 0.4) is 0 Å². The van der Waals surface area contributed by atoms with E-state index in [0.717, 1.165) is 5.69 Å². The first-order valence-electron chi connectivity index (χ1n) is 3.68. The monoisotopic (exact) mass is 194 g/mol. The van der Waals surface area contributed by atoms with Crippen LogP contribution in [0.5, 0.6) is 0 Å². The van der Waals surface area contributed by atoms with Crippen molar-refractivity contribution in [1.29, 1.82) is 0 Å². The van der Waals surface area contributed by atoms with Gasteiger partial charge in [0, 0.05) is 10.6 Å². The highest BCUT2D eigenvalue weighted by atomic mass is 32.1. The maximum Gasteiger partial charge on any atom is 0.0529 e. The Morgan fingerprint density at radius 3 is 2.15 bits per heavy atom. The minimum atomic E-state index is 0.907. The number of anilines is 1. The molecule has 0 unspecified atom stereocenters. The number of nitrogens with zero attached hydrogens (tertiary/aromatic N) is 3. The Bertz CT molecular complexity index is 290. The summed E-state index contributed by atoms with van der Waals surface area (Å²) in [4.78, 5) is 1.21. The van der Waals surface area contributed by atoms with Gasteiger partial charge in [-0.25, -0.2) is 0 Å². The molecule has 0 aromatic carbocycles. The van der Waals surface area contributed by atoms with Gasteiger partial charge in [0.2, 0.25) is 0 Å². The number of nitrogen functional groups attached to an aromatic ring is 1. The predicted molar refractivity (Wildman–Crippen MR) is 53.3 cm³/mol. The summed E-state index contributed by atoms with van der Waals surface area (Å²) in [5.41, 5.74) is 6.36. The van der Waals surface area contributed by atoms with Crippen molar-refractivity contribution in [2.24, 2.45) is 0 Å². The molecule has 0 saturated heterocycles. The van der Waals surface area contributed by atoms with Gasteiger partial charge in [0.25, 0.3) is 0 Å². The molecule has 2 aromatic rings.